The molecule has 0 atom stereocenters. The van der Waals surface area contributed by atoms with Gasteiger partial charge in [0, 0.05) is 30.8 Å². The van der Waals surface area contributed by atoms with Crippen molar-refractivity contribution in [2.75, 3.05) is 19.0 Å². The van der Waals surface area contributed by atoms with Crippen molar-refractivity contribution in [1.29, 1.82) is 0 Å². The first-order chi connectivity index (χ1) is 13.3. The molecule has 3 heteroatoms. The van der Waals surface area contributed by atoms with Crippen LogP contribution >= 0.6 is 0 Å². The number of benzene rings is 3. The van der Waals surface area contributed by atoms with E-state index in [1.165, 1.54) is 0 Å². The third kappa shape index (κ3) is 3.32. The maximum absolute atomic E-state index is 4.67. The van der Waals surface area contributed by atoms with Crippen molar-refractivity contribution in [3.63, 3.8) is 0 Å². The lowest BCUT2D eigenvalue weighted by Gasteiger charge is -2.23. The van der Waals surface area contributed by atoms with Crippen LogP contribution in [0.2, 0.25) is 0 Å². The van der Waals surface area contributed by atoms with E-state index in [2.05, 4.69) is 77.7 Å². The molecule has 3 aromatic carbocycles. The average Bonchev–Trinajstić information content (AvgIpc) is 2.74. The Labute approximate surface area is 160 Å². The summed E-state index contributed by atoms with van der Waals surface area (Å²) in [5.41, 5.74) is 7.20. The fraction of sp³-hybridized carbons (Fsp3) is 0.0833. The van der Waals surface area contributed by atoms with Crippen LogP contribution < -0.4 is 4.90 Å². The second-order valence-electron chi connectivity index (χ2n) is 6.61. The molecule has 3 nitrogen and oxygen atoms in total. The first kappa shape index (κ1) is 17.0. The van der Waals surface area contributed by atoms with Gasteiger partial charge in [-0.1, -0.05) is 91.0 Å². The normalized spacial score (nSPS) is 10.6. The summed E-state index contributed by atoms with van der Waals surface area (Å²) in [4.78, 5) is 2.13. The Bertz CT molecular complexity index is 1030. The van der Waals surface area contributed by atoms with Crippen molar-refractivity contribution in [2.24, 2.45) is 0 Å². The van der Waals surface area contributed by atoms with Gasteiger partial charge in [0.2, 0.25) is 0 Å². The molecule has 0 spiro atoms. The van der Waals surface area contributed by atoms with Gasteiger partial charge in [-0.2, -0.15) is 0 Å². The minimum atomic E-state index is 0.888. The van der Waals surface area contributed by atoms with Crippen molar-refractivity contribution in [3.05, 3.63) is 91.0 Å². The van der Waals surface area contributed by atoms with E-state index in [0.717, 1.165) is 39.3 Å². The standard InChI is InChI=1S/C24H21N3/c1-27(2)24-21(18-12-6-3-7-13-18)22(19-14-8-4-9-15-19)25-26-23(24)20-16-10-5-11-17-20/h3-17H,1-2H3. The maximum atomic E-state index is 4.67. The number of hydrogen-bond acceptors (Lipinski definition) is 3. The molecule has 0 saturated heterocycles. The van der Waals surface area contributed by atoms with Crippen LogP contribution in [-0.2, 0) is 0 Å². The molecular formula is C24H21N3. The van der Waals surface area contributed by atoms with Gasteiger partial charge in [0.05, 0.1) is 5.69 Å². The molecule has 0 bridgehead atoms. The predicted octanol–water partition coefficient (Wildman–Crippen LogP) is 5.54. The SMILES string of the molecule is CN(C)c1c(-c2ccccc2)nnc(-c2ccccc2)c1-c1ccccc1. The number of hydrogen-bond donors (Lipinski definition) is 0. The topological polar surface area (TPSA) is 29.0 Å². The summed E-state index contributed by atoms with van der Waals surface area (Å²) in [7, 11) is 4.12. The van der Waals surface area contributed by atoms with E-state index < -0.39 is 0 Å². The average molecular weight is 351 g/mol. The second kappa shape index (κ2) is 7.42. The number of rotatable bonds is 4. The highest BCUT2D eigenvalue weighted by atomic mass is 15.2. The van der Waals surface area contributed by atoms with Crippen molar-refractivity contribution >= 4 is 5.69 Å². The van der Waals surface area contributed by atoms with Crippen LogP contribution in [0.3, 0.4) is 0 Å². The number of nitrogens with zero attached hydrogens (tertiary/aromatic N) is 3. The van der Waals surface area contributed by atoms with Gasteiger partial charge < -0.3 is 4.90 Å². The lowest BCUT2D eigenvalue weighted by Crippen LogP contribution is -2.14. The lowest BCUT2D eigenvalue weighted by molar-refractivity contribution is 1.02. The van der Waals surface area contributed by atoms with E-state index in [0.29, 0.717) is 0 Å². The van der Waals surface area contributed by atoms with Gasteiger partial charge in [0.25, 0.3) is 0 Å². The molecule has 0 unspecified atom stereocenters. The summed E-state index contributed by atoms with van der Waals surface area (Å²) in [6, 6.07) is 30.9. The highest BCUT2D eigenvalue weighted by Crippen LogP contribution is 2.42. The van der Waals surface area contributed by atoms with Gasteiger partial charge in [-0.05, 0) is 5.56 Å². The van der Waals surface area contributed by atoms with Crippen LogP contribution in [0.4, 0.5) is 5.69 Å². The fourth-order valence-corrected chi connectivity index (χ4v) is 3.33. The third-order valence-corrected chi connectivity index (χ3v) is 4.55. The Morgan fingerprint density at radius 1 is 0.519 bits per heavy atom. The molecule has 1 aromatic heterocycles. The minimum Gasteiger partial charge on any atom is -0.375 e. The Hall–Kier alpha value is -3.46. The van der Waals surface area contributed by atoms with E-state index in [4.69, 9.17) is 0 Å². The van der Waals surface area contributed by atoms with Gasteiger partial charge >= 0.3 is 0 Å². The Balaban J connectivity index is 2.07. The number of anilines is 1. The Morgan fingerprint density at radius 3 is 1.41 bits per heavy atom. The molecule has 1 heterocycles. The van der Waals surface area contributed by atoms with Crippen molar-refractivity contribution < 1.29 is 0 Å². The molecule has 0 saturated carbocycles. The zero-order valence-corrected chi connectivity index (χ0v) is 15.5. The Kier molecular flexibility index (Phi) is 4.67. The minimum absolute atomic E-state index is 0.888. The quantitative estimate of drug-likeness (QED) is 0.483. The summed E-state index contributed by atoms with van der Waals surface area (Å²) < 4.78 is 0. The number of aromatic nitrogens is 2. The van der Waals surface area contributed by atoms with Crippen molar-refractivity contribution in [1.82, 2.24) is 10.2 Å². The molecule has 0 aliphatic carbocycles. The summed E-state index contributed by atoms with van der Waals surface area (Å²) in [6.45, 7) is 0. The van der Waals surface area contributed by atoms with Crippen LogP contribution in [-0.4, -0.2) is 24.3 Å². The zero-order valence-electron chi connectivity index (χ0n) is 15.5. The second-order valence-corrected chi connectivity index (χ2v) is 6.61. The molecule has 132 valence electrons. The van der Waals surface area contributed by atoms with Crippen LogP contribution in [0.25, 0.3) is 33.6 Å². The van der Waals surface area contributed by atoms with Crippen LogP contribution in [0.1, 0.15) is 0 Å². The molecule has 27 heavy (non-hydrogen) atoms. The molecule has 0 amide bonds. The molecular weight excluding hydrogens is 330 g/mol. The predicted molar refractivity (Wildman–Crippen MR) is 113 cm³/mol. The van der Waals surface area contributed by atoms with Crippen molar-refractivity contribution in [3.8, 4) is 33.6 Å². The monoisotopic (exact) mass is 351 g/mol. The zero-order chi connectivity index (χ0) is 18.6. The summed E-state index contributed by atoms with van der Waals surface area (Å²) in [5.74, 6) is 0. The van der Waals surface area contributed by atoms with Gasteiger partial charge in [-0.25, -0.2) is 0 Å². The first-order valence-corrected chi connectivity index (χ1v) is 9.00. The molecule has 0 aliphatic rings. The highest BCUT2D eigenvalue weighted by molar-refractivity contribution is 5.95. The molecule has 0 N–H and O–H groups in total. The van der Waals surface area contributed by atoms with Gasteiger partial charge in [-0.3, -0.25) is 0 Å². The maximum Gasteiger partial charge on any atom is 0.117 e. The largest absolute Gasteiger partial charge is 0.375 e. The van der Waals surface area contributed by atoms with E-state index in [1.54, 1.807) is 0 Å². The highest BCUT2D eigenvalue weighted by Gasteiger charge is 2.21. The van der Waals surface area contributed by atoms with Crippen LogP contribution in [0.5, 0.6) is 0 Å². The summed E-state index contributed by atoms with van der Waals surface area (Å²) in [6.07, 6.45) is 0. The van der Waals surface area contributed by atoms with Gasteiger partial charge in [0.15, 0.2) is 0 Å². The lowest BCUT2D eigenvalue weighted by atomic mass is 9.95. The molecule has 0 aliphatic heterocycles. The Morgan fingerprint density at radius 2 is 0.926 bits per heavy atom. The van der Waals surface area contributed by atoms with E-state index >= 15 is 0 Å². The first-order valence-electron chi connectivity index (χ1n) is 9.00. The summed E-state index contributed by atoms with van der Waals surface area (Å²) in [5, 5.41) is 9.31. The fourth-order valence-electron chi connectivity index (χ4n) is 3.33. The summed E-state index contributed by atoms with van der Waals surface area (Å²) >= 11 is 0. The third-order valence-electron chi connectivity index (χ3n) is 4.55. The smallest absolute Gasteiger partial charge is 0.117 e. The van der Waals surface area contributed by atoms with Gasteiger partial charge in [-0.15, -0.1) is 10.2 Å². The molecule has 4 rings (SSSR count). The van der Waals surface area contributed by atoms with E-state index in [-0.39, 0.29) is 0 Å². The van der Waals surface area contributed by atoms with Crippen LogP contribution in [0, 0.1) is 0 Å². The van der Waals surface area contributed by atoms with Crippen LogP contribution in [0.15, 0.2) is 91.0 Å². The molecule has 0 radical (unpaired) electrons. The molecule has 4 aromatic rings. The van der Waals surface area contributed by atoms with Crippen molar-refractivity contribution in [2.45, 2.75) is 0 Å². The molecule has 0 fully saturated rings. The van der Waals surface area contributed by atoms with Gasteiger partial charge in [0.1, 0.15) is 11.4 Å². The van der Waals surface area contributed by atoms with E-state index in [9.17, 15) is 0 Å². The van der Waals surface area contributed by atoms with E-state index in [1.807, 2.05) is 42.5 Å².